The summed E-state index contributed by atoms with van der Waals surface area (Å²) in [5.41, 5.74) is 0. The standard InChI is InChI=1S/2H3P.4V.2H2/h2*1H3;;;;;2*1H/i;;;;;;2*1+2D. The van der Waals surface area contributed by atoms with Gasteiger partial charge in [-0.2, -0.15) is 19.8 Å². The summed E-state index contributed by atoms with van der Waals surface area (Å²) in [6, 6.07) is 0. The van der Waals surface area contributed by atoms with Gasteiger partial charge in [-0.25, -0.2) is 0 Å². The molecule has 0 saturated carbocycles. The molecule has 0 saturated heterocycles. The van der Waals surface area contributed by atoms with Crippen molar-refractivity contribution in [2.24, 2.45) is 0 Å². The largest absolute Gasteiger partial charge is 0.153 e. The third-order valence-electron chi connectivity index (χ3n) is 0. The van der Waals surface area contributed by atoms with E-state index in [2.05, 4.69) is 0 Å². The van der Waals surface area contributed by atoms with Crippen LogP contribution in [0.25, 0.3) is 0 Å². The summed E-state index contributed by atoms with van der Waals surface area (Å²) in [5.74, 6) is 0. The maximum atomic E-state index is 5.00. The summed E-state index contributed by atoms with van der Waals surface area (Å²) in [6.07, 6.45) is 0. The van der Waals surface area contributed by atoms with Gasteiger partial charge in [0.05, 0.1) is 0 Å². The molecule has 0 amide bonds. The van der Waals surface area contributed by atoms with Crippen LogP contribution in [0.2, 0.25) is 0 Å². The zero-order chi connectivity index (χ0) is 4.00. The van der Waals surface area contributed by atoms with E-state index in [1.54, 1.807) is 0 Å². The maximum Gasteiger partial charge on any atom is 0 e. The van der Waals surface area contributed by atoms with Gasteiger partial charge >= 0.3 is 0 Å². The second-order valence-corrected chi connectivity index (χ2v) is 0. The van der Waals surface area contributed by atoms with Gasteiger partial charge in [0.2, 0.25) is 0 Å². The number of hydrogen-bond donors (Lipinski definition) is 0. The molecule has 0 aromatic carbocycles. The Morgan fingerprint density at radius 3 is 0.833 bits per heavy atom. The van der Waals surface area contributed by atoms with Crippen molar-refractivity contribution in [3.8, 4) is 0 Å². The molecule has 0 N–H and O–H groups in total. The van der Waals surface area contributed by atoms with Gasteiger partial charge in [-0.3, -0.25) is 0 Å². The summed E-state index contributed by atoms with van der Waals surface area (Å²) in [6.45, 7) is 0. The summed E-state index contributed by atoms with van der Waals surface area (Å²) in [7, 11) is 0. The molecule has 0 aliphatic heterocycles. The molecule has 0 fully saturated rings. The van der Waals surface area contributed by atoms with E-state index in [9.17, 15) is 0 Å². The van der Waals surface area contributed by atoms with Gasteiger partial charge in [-0.1, -0.05) is 0 Å². The minimum Gasteiger partial charge on any atom is -0.153 e. The molecule has 40 valence electrons. The molecular formula is H10P2V4. The topological polar surface area (TPSA) is 0 Å². The monoisotopic (exact) mass is 282 g/mol. The van der Waals surface area contributed by atoms with Crippen LogP contribution in [0, 0.1) is 0 Å². The first-order valence-corrected chi connectivity index (χ1v) is 0. The fourth-order valence-corrected chi connectivity index (χ4v) is 0. The third kappa shape index (κ3) is 27.0. The van der Waals surface area contributed by atoms with Crippen LogP contribution in [0.1, 0.15) is 5.94 Å². The number of rotatable bonds is 0. The first-order chi connectivity index (χ1) is 2.00. The molecule has 2 unspecified atom stereocenters. The fourth-order valence-electron chi connectivity index (χ4n) is 0. The van der Waals surface area contributed by atoms with E-state index in [0.29, 0.717) is 0 Å². The van der Waals surface area contributed by atoms with Crippen LogP contribution in [-0.2, 0) is 74.2 Å². The molecular weight excluding hydrogens is 266 g/mol. The molecule has 4 radical (unpaired) electrons. The molecule has 0 aliphatic rings. The van der Waals surface area contributed by atoms with Crippen molar-refractivity contribution in [2.75, 3.05) is 0 Å². The molecule has 0 rings (SSSR count). The first-order valence-electron chi connectivity index (χ1n) is 2.00. The minimum absolute atomic E-state index is 0. The van der Waals surface area contributed by atoms with Crippen molar-refractivity contribution < 1.29 is 80.2 Å². The molecule has 0 aliphatic carbocycles. The Morgan fingerprint density at radius 1 is 0.833 bits per heavy atom. The molecule has 0 spiro atoms. The Hall–Kier alpha value is 3.20. The van der Waals surface area contributed by atoms with Crippen LogP contribution >= 0.6 is 19.8 Å². The third-order valence-corrected chi connectivity index (χ3v) is 0. The van der Waals surface area contributed by atoms with Crippen LogP contribution < -0.4 is 0 Å². The van der Waals surface area contributed by atoms with Crippen LogP contribution in [0.15, 0.2) is 0 Å². The van der Waals surface area contributed by atoms with E-state index >= 15 is 0 Å². The Labute approximate surface area is 99.1 Å². The zero-order valence-electron chi connectivity index (χ0n) is 7.20. The van der Waals surface area contributed by atoms with Gasteiger partial charge < -0.3 is 0 Å². The summed E-state index contributed by atoms with van der Waals surface area (Å²) in [4.78, 5) is 0. The van der Waals surface area contributed by atoms with Gasteiger partial charge in [0.25, 0.3) is 0 Å². The average molecular weight is 282 g/mol. The Morgan fingerprint density at radius 2 is 0.833 bits per heavy atom. The van der Waals surface area contributed by atoms with E-state index < -0.39 is 0 Å². The van der Waals surface area contributed by atoms with Gasteiger partial charge in [-0.05, 0) is 0 Å². The van der Waals surface area contributed by atoms with E-state index in [4.69, 9.17) is 5.94 Å². The van der Waals surface area contributed by atoms with Crippen molar-refractivity contribution >= 4 is 19.8 Å². The van der Waals surface area contributed by atoms with Crippen LogP contribution in [0.5, 0.6) is 0 Å². The van der Waals surface area contributed by atoms with Crippen molar-refractivity contribution in [3.63, 3.8) is 0 Å². The molecule has 6 heteroatoms. The Bertz CT molecular complexity index is 15.2. The van der Waals surface area contributed by atoms with Crippen LogP contribution in [0.3, 0.4) is 0 Å². The molecule has 2 atom stereocenters. The Balaban J connectivity index is -0.000000000833. The molecule has 0 bridgehead atoms. The predicted octanol–water partition coefficient (Wildman–Crippen LogP) is 0.598. The summed E-state index contributed by atoms with van der Waals surface area (Å²) >= 11 is 0. The summed E-state index contributed by atoms with van der Waals surface area (Å²) in [5, 5.41) is 0. The van der Waals surface area contributed by atoms with E-state index in [1.165, 1.54) is 0 Å². The van der Waals surface area contributed by atoms with E-state index in [0.717, 1.165) is 0 Å². The average Bonchev–Trinajstić information content (AvgIpc) is 1.50. The van der Waals surface area contributed by atoms with Crippen molar-refractivity contribution in [2.45, 2.75) is 0 Å². The molecule has 0 heterocycles. The second-order valence-electron chi connectivity index (χ2n) is 0. The van der Waals surface area contributed by atoms with Crippen molar-refractivity contribution in [1.82, 2.24) is 0 Å². The fraction of sp³-hybridized carbons (Fsp3) is 0. The molecule has 0 nitrogen and oxygen atoms in total. The van der Waals surface area contributed by atoms with Crippen LogP contribution in [0.4, 0.5) is 0 Å². The zero-order valence-corrected chi connectivity index (χ0v) is 11.6. The van der Waals surface area contributed by atoms with Crippen molar-refractivity contribution in [3.05, 3.63) is 0 Å². The van der Waals surface area contributed by atoms with Gasteiger partial charge in [0.15, 0.2) is 0 Å². The maximum absolute atomic E-state index is 5.00. The van der Waals surface area contributed by atoms with Crippen molar-refractivity contribution in [1.29, 1.82) is 0 Å². The first kappa shape index (κ1) is 22.9. The normalized spacial score (nSPS) is 2.67. The summed E-state index contributed by atoms with van der Waals surface area (Å²) < 4.78 is 20.0. The minimum atomic E-state index is 0. The Kier molecular flexibility index (Phi) is 158. The molecule has 0 aromatic heterocycles. The van der Waals surface area contributed by atoms with Gasteiger partial charge in [-0.15, -0.1) is 0 Å². The SMILES string of the molecule is P.P.[2H][3H].[2H][3H].[V].[V].[V].[V]. The van der Waals surface area contributed by atoms with Gasteiger partial charge in [0, 0.05) is 80.2 Å². The van der Waals surface area contributed by atoms with E-state index in [1.807, 2.05) is 0 Å². The predicted molar refractivity (Wildman–Crippen MR) is 26.4 cm³/mol. The van der Waals surface area contributed by atoms with Crippen LogP contribution in [-0.4, -0.2) is 0 Å². The quantitative estimate of drug-likeness (QED) is 0.571. The number of hydrogen-bond acceptors (Lipinski definition) is 0. The smallest absolute Gasteiger partial charge is 0 e. The molecule has 6 heavy (non-hydrogen) atoms. The van der Waals surface area contributed by atoms with Gasteiger partial charge in [0.1, 0.15) is 0 Å². The molecule has 0 aromatic rings. The second kappa shape index (κ2) is 41.5. The van der Waals surface area contributed by atoms with E-state index in [-0.39, 0.29) is 94.0 Å².